The minimum Gasteiger partial charge on any atom is -0.395 e. The molecule has 2 amide bonds. The molecule has 1 aliphatic heterocycles. The van der Waals surface area contributed by atoms with E-state index in [1.807, 2.05) is 54.6 Å². The first-order valence-electron chi connectivity index (χ1n) is 9.45. The number of fused-ring (bicyclic) bond motifs is 1. The average molecular weight is 390 g/mol. The number of carbonyl (C=O) groups is 2. The number of nitrogens with one attached hydrogen (secondary N) is 2. The number of nitrogens with zero attached hydrogens (tertiary/aromatic N) is 2. The third kappa shape index (κ3) is 3.77. The molecule has 0 saturated heterocycles. The highest BCUT2D eigenvalue weighted by atomic mass is 16.3. The van der Waals surface area contributed by atoms with Crippen LogP contribution in [0.15, 0.2) is 54.6 Å². The lowest BCUT2D eigenvalue weighted by molar-refractivity contribution is -0.134. The van der Waals surface area contributed by atoms with Crippen molar-refractivity contribution in [3.05, 3.63) is 71.4 Å². The molecule has 0 fully saturated rings. The number of aromatic nitrogens is 2. The van der Waals surface area contributed by atoms with Gasteiger partial charge < -0.3 is 15.3 Å². The van der Waals surface area contributed by atoms with Crippen LogP contribution in [0.1, 0.15) is 29.7 Å². The van der Waals surface area contributed by atoms with E-state index in [0.717, 1.165) is 33.8 Å². The maximum atomic E-state index is 13.0. The molecule has 0 saturated carbocycles. The molecule has 0 bridgehead atoms. The molecule has 2 aromatic carbocycles. The van der Waals surface area contributed by atoms with E-state index in [4.69, 9.17) is 0 Å². The van der Waals surface area contributed by atoms with Crippen molar-refractivity contribution in [1.82, 2.24) is 15.1 Å². The van der Waals surface area contributed by atoms with Gasteiger partial charge in [0.15, 0.2) is 0 Å². The summed E-state index contributed by atoms with van der Waals surface area (Å²) in [6.07, 6.45) is 0. The summed E-state index contributed by atoms with van der Waals surface area (Å²) in [4.78, 5) is 26.0. The van der Waals surface area contributed by atoms with Crippen molar-refractivity contribution in [2.24, 2.45) is 0 Å². The Bertz CT molecular complexity index is 1030. The number of aliphatic hydroxyl groups is 1. The normalized spacial score (nSPS) is 13.8. The largest absolute Gasteiger partial charge is 0.395 e. The Kier molecular flexibility index (Phi) is 5.14. The number of H-pyrrole nitrogens is 1. The Labute approximate surface area is 168 Å². The van der Waals surface area contributed by atoms with E-state index >= 15 is 0 Å². The molecule has 7 nitrogen and oxygen atoms in total. The van der Waals surface area contributed by atoms with E-state index in [0.29, 0.717) is 13.1 Å². The molecular weight excluding hydrogens is 368 g/mol. The van der Waals surface area contributed by atoms with Gasteiger partial charge in [0.25, 0.3) is 0 Å². The van der Waals surface area contributed by atoms with E-state index < -0.39 is 5.92 Å². The highest BCUT2D eigenvalue weighted by molar-refractivity contribution is 5.89. The Morgan fingerprint density at radius 3 is 2.52 bits per heavy atom. The number of anilines is 1. The van der Waals surface area contributed by atoms with Gasteiger partial charge in [0, 0.05) is 23.7 Å². The smallest absolute Gasteiger partial charge is 0.233 e. The van der Waals surface area contributed by atoms with Gasteiger partial charge in [0.1, 0.15) is 0 Å². The summed E-state index contributed by atoms with van der Waals surface area (Å²) in [6, 6.07) is 16.8. The molecule has 1 atom stereocenters. The van der Waals surface area contributed by atoms with Crippen molar-refractivity contribution in [2.75, 3.05) is 11.9 Å². The van der Waals surface area contributed by atoms with Crippen molar-refractivity contribution in [2.45, 2.75) is 25.9 Å². The molecule has 2 heterocycles. The first-order valence-corrected chi connectivity index (χ1v) is 9.45. The van der Waals surface area contributed by atoms with Gasteiger partial charge in [-0.3, -0.25) is 14.7 Å². The Hall–Kier alpha value is -3.45. The maximum absolute atomic E-state index is 13.0. The van der Waals surface area contributed by atoms with Crippen molar-refractivity contribution in [3.63, 3.8) is 0 Å². The number of rotatable bonds is 5. The number of hydrogen-bond donors (Lipinski definition) is 3. The summed E-state index contributed by atoms with van der Waals surface area (Å²) in [6.45, 7) is 2.11. The molecule has 29 heavy (non-hydrogen) atoms. The summed E-state index contributed by atoms with van der Waals surface area (Å²) < 4.78 is 0. The summed E-state index contributed by atoms with van der Waals surface area (Å²) in [5.41, 5.74) is 5.12. The van der Waals surface area contributed by atoms with Gasteiger partial charge in [-0.25, -0.2) is 0 Å². The number of amides is 2. The Morgan fingerprint density at radius 1 is 1.14 bits per heavy atom. The number of carbonyl (C=O) groups excluding carboxylic acids is 2. The van der Waals surface area contributed by atoms with Gasteiger partial charge in [-0.2, -0.15) is 5.10 Å². The summed E-state index contributed by atoms with van der Waals surface area (Å²) in [5, 5.41) is 20.0. The zero-order valence-electron chi connectivity index (χ0n) is 16.1. The van der Waals surface area contributed by atoms with E-state index in [2.05, 4.69) is 15.5 Å². The van der Waals surface area contributed by atoms with Crippen LogP contribution in [-0.2, 0) is 22.7 Å². The van der Waals surface area contributed by atoms with E-state index in [1.54, 1.807) is 4.90 Å². The van der Waals surface area contributed by atoms with Gasteiger partial charge in [-0.1, -0.05) is 42.5 Å². The molecule has 1 aromatic heterocycles. The highest BCUT2D eigenvalue weighted by Crippen LogP contribution is 2.33. The molecular formula is C22H22N4O3. The van der Waals surface area contributed by atoms with E-state index in [-0.39, 0.29) is 18.4 Å². The Morgan fingerprint density at radius 2 is 1.86 bits per heavy atom. The standard InChI is InChI=1S/C22H22N4O3/c1-14(28)23-17-9-7-16(8-10-17)21-18-11-26(12-20(18)24-25-21)22(29)19(13-27)15-5-3-2-4-6-15/h2-10,19,27H,11-13H2,1H3,(H,23,28)(H,24,25). The van der Waals surface area contributed by atoms with Crippen LogP contribution in [-0.4, -0.2) is 38.6 Å². The SMILES string of the molecule is CC(=O)Nc1ccc(-c2n[nH]c3c2CN(C(=O)C(CO)c2ccccc2)C3)cc1. The number of aliphatic hydroxyl groups excluding tert-OH is 1. The van der Waals surface area contributed by atoms with Gasteiger partial charge in [0.05, 0.1) is 37.0 Å². The molecule has 3 aromatic rings. The topological polar surface area (TPSA) is 98.3 Å². The van der Waals surface area contributed by atoms with E-state index in [1.165, 1.54) is 6.92 Å². The molecule has 0 aliphatic carbocycles. The second-order valence-electron chi connectivity index (χ2n) is 7.13. The number of aromatic amines is 1. The zero-order chi connectivity index (χ0) is 20.4. The van der Waals surface area contributed by atoms with Crippen LogP contribution in [0.25, 0.3) is 11.3 Å². The molecule has 0 radical (unpaired) electrons. The third-order valence-corrected chi connectivity index (χ3v) is 5.12. The number of hydrogen-bond acceptors (Lipinski definition) is 4. The first kappa shape index (κ1) is 18.9. The fourth-order valence-corrected chi connectivity index (χ4v) is 3.68. The number of benzene rings is 2. The Balaban J connectivity index is 1.53. The van der Waals surface area contributed by atoms with Crippen molar-refractivity contribution >= 4 is 17.5 Å². The molecule has 1 unspecified atom stereocenters. The lowest BCUT2D eigenvalue weighted by Crippen LogP contribution is -2.32. The fourth-order valence-electron chi connectivity index (χ4n) is 3.68. The predicted octanol–water partition coefficient (Wildman–Crippen LogP) is 2.65. The summed E-state index contributed by atoms with van der Waals surface area (Å²) >= 11 is 0. The second kappa shape index (κ2) is 7.89. The van der Waals surface area contributed by atoms with Crippen LogP contribution in [0.2, 0.25) is 0 Å². The molecule has 0 spiro atoms. The van der Waals surface area contributed by atoms with Crippen LogP contribution < -0.4 is 5.32 Å². The monoisotopic (exact) mass is 390 g/mol. The quantitative estimate of drug-likeness (QED) is 0.624. The second-order valence-corrected chi connectivity index (χ2v) is 7.13. The predicted molar refractivity (Wildman–Crippen MR) is 109 cm³/mol. The fraction of sp³-hybridized carbons (Fsp3) is 0.227. The van der Waals surface area contributed by atoms with Crippen LogP contribution in [0.4, 0.5) is 5.69 Å². The maximum Gasteiger partial charge on any atom is 0.233 e. The minimum atomic E-state index is -0.575. The van der Waals surface area contributed by atoms with Crippen LogP contribution in [0, 0.1) is 0 Å². The van der Waals surface area contributed by atoms with Gasteiger partial charge >= 0.3 is 0 Å². The van der Waals surface area contributed by atoms with Crippen LogP contribution in [0.5, 0.6) is 0 Å². The zero-order valence-corrected chi connectivity index (χ0v) is 16.1. The van der Waals surface area contributed by atoms with Gasteiger partial charge in [-0.05, 0) is 17.7 Å². The molecule has 7 heteroatoms. The lowest BCUT2D eigenvalue weighted by Gasteiger charge is -2.22. The molecule has 148 valence electrons. The van der Waals surface area contributed by atoms with Crippen molar-refractivity contribution < 1.29 is 14.7 Å². The van der Waals surface area contributed by atoms with Crippen molar-refractivity contribution in [3.8, 4) is 11.3 Å². The third-order valence-electron chi connectivity index (χ3n) is 5.12. The van der Waals surface area contributed by atoms with Gasteiger partial charge in [-0.15, -0.1) is 0 Å². The highest BCUT2D eigenvalue weighted by Gasteiger charge is 2.32. The lowest BCUT2D eigenvalue weighted by atomic mass is 9.98. The summed E-state index contributed by atoms with van der Waals surface area (Å²) in [5.74, 6) is -0.798. The van der Waals surface area contributed by atoms with Crippen LogP contribution >= 0.6 is 0 Å². The molecule has 1 aliphatic rings. The average Bonchev–Trinajstić information content (AvgIpc) is 3.30. The van der Waals surface area contributed by atoms with Crippen LogP contribution in [0.3, 0.4) is 0 Å². The van der Waals surface area contributed by atoms with Crippen molar-refractivity contribution in [1.29, 1.82) is 0 Å². The van der Waals surface area contributed by atoms with Gasteiger partial charge in [0.2, 0.25) is 11.8 Å². The molecule has 4 rings (SSSR count). The first-order chi connectivity index (χ1) is 14.1. The summed E-state index contributed by atoms with van der Waals surface area (Å²) in [7, 11) is 0. The molecule has 3 N–H and O–H groups in total. The minimum absolute atomic E-state index is 0.102. The van der Waals surface area contributed by atoms with E-state index in [9.17, 15) is 14.7 Å².